The monoisotopic (exact) mass is 376 g/mol. The summed E-state index contributed by atoms with van der Waals surface area (Å²) in [6.45, 7) is 7.38. The number of pyridine rings is 1. The molecule has 27 heavy (non-hydrogen) atoms. The maximum Gasteiger partial charge on any atom is 0.213 e. The van der Waals surface area contributed by atoms with Gasteiger partial charge in [-0.15, -0.1) is 0 Å². The highest BCUT2D eigenvalue weighted by atomic mass is 16.5. The van der Waals surface area contributed by atoms with Gasteiger partial charge in [0.15, 0.2) is 5.96 Å². The van der Waals surface area contributed by atoms with E-state index in [1.165, 1.54) is 12.8 Å². The molecule has 3 rings (SSSR count). The molecule has 0 bridgehead atoms. The van der Waals surface area contributed by atoms with Gasteiger partial charge in [0.25, 0.3) is 0 Å². The van der Waals surface area contributed by atoms with Gasteiger partial charge >= 0.3 is 0 Å². The van der Waals surface area contributed by atoms with Gasteiger partial charge in [0.05, 0.1) is 25.9 Å². The molecule has 2 N–H and O–H groups in total. The van der Waals surface area contributed by atoms with Crippen LogP contribution in [0.3, 0.4) is 0 Å². The molecule has 150 valence electrons. The third-order valence-corrected chi connectivity index (χ3v) is 4.58. The molecule has 1 aliphatic carbocycles. The standard InChI is InChI=1S/C20H32N4O3/c1-2-21-20(23-8-3-10-26-18-7-11-25-15-18)24-13-17-6-9-22-19(12-17)27-14-16-4-5-16/h6,9,12,16,18H,2-5,7-8,10-11,13-15H2,1H3,(H2,21,23,24). The van der Waals surface area contributed by atoms with E-state index in [0.717, 1.165) is 69.8 Å². The largest absolute Gasteiger partial charge is 0.477 e. The summed E-state index contributed by atoms with van der Waals surface area (Å²) >= 11 is 0. The van der Waals surface area contributed by atoms with Crippen LogP contribution in [0.15, 0.2) is 23.3 Å². The Kier molecular flexibility index (Phi) is 8.17. The molecule has 1 saturated carbocycles. The second-order valence-electron chi connectivity index (χ2n) is 7.09. The first-order valence-corrected chi connectivity index (χ1v) is 10.1. The molecule has 2 aliphatic rings. The lowest BCUT2D eigenvalue weighted by atomic mass is 10.3. The van der Waals surface area contributed by atoms with Crippen molar-refractivity contribution in [1.82, 2.24) is 15.6 Å². The van der Waals surface area contributed by atoms with Gasteiger partial charge in [-0.3, -0.25) is 0 Å². The Labute approximate surface area is 161 Å². The van der Waals surface area contributed by atoms with Crippen molar-refractivity contribution in [2.24, 2.45) is 10.9 Å². The van der Waals surface area contributed by atoms with E-state index in [4.69, 9.17) is 14.2 Å². The SMILES string of the molecule is CCNC(=NCc1ccnc(OCC2CC2)c1)NCCCOC1CCOC1. The van der Waals surface area contributed by atoms with Gasteiger partial charge in [-0.1, -0.05) is 0 Å². The highest BCUT2D eigenvalue weighted by molar-refractivity contribution is 5.79. The second-order valence-corrected chi connectivity index (χ2v) is 7.09. The fourth-order valence-electron chi connectivity index (χ4n) is 2.80. The van der Waals surface area contributed by atoms with Crippen LogP contribution in [0.5, 0.6) is 5.88 Å². The number of guanidine groups is 1. The van der Waals surface area contributed by atoms with Crippen LogP contribution < -0.4 is 15.4 Å². The van der Waals surface area contributed by atoms with Crippen molar-refractivity contribution < 1.29 is 14.2 Å². The summed E-state index contributed by atoms with van der Waals surface area (Å²) in [6.07, 6.45) is 6.57. The van der Waals surface area contributed by atoms with Crippen LogP contribution >= 0.6 is 0 Å². The first kappa shape index (κ1) is 19.9. The Bertz CT molecular complexity index is 586. The number of rotatable bonds is 11. The zero-order valence-corrected chi connectivity index (χ0v) is 16.3. The first-order chi connectivity index (χ1) is 13.3. The van der Waals surface area contributed by atoms with Crippen molar-refractivity contribution in [3.05, 3.63) is 23.9 Å². The normalized spacial score (nSPS) is 19.9. The van der Waals surface area contributed by atoms with Crippen LogP contribution in [-0.4, -0.2) is 56.6 Å². The molecule has 1 aliphatic heterocycles. The summed E-state index contributed by atoms with van der Waals surface area (Å²) in [6, 6.07) is 3.96. The molecule has 0 aromatic carbocycles. The number of hydrogen-bond acceptors (Lipinski definition) is 5. The minimum Gasteiger partial charge on any atom is -0.477 e. The van der Waals surface area contributed by atoms with Crippen molar-refractivity contribution in [3.8, 4) is 5.88 Å². The quantitative estimate of drug-likeness (QED) is 0.350. The Morgan fingerprint density at radius 3 is 3.04 bits per heavy atom. The maximum atomic E-state index is 5.79. The minimum atomic E-state index is 0.273. The van der Waals surface area contributed by atoms with E-state index in [1.807, 2.05) is 12.1 Å². The Hall–Kier alpha value is -1.86. The minimum absolute atomic E-state index is 0.273. The van der Waals surface area contributed by atoms with E-state index in [2.05, 4.69) is 27.5 Å². The Morgan fingerprint density at radius 2 is 2.26 bits per heavy atom. The van der Waals surface area contributed by atoms with Gasteiger partial charge in [-0.2, -0.15) is 0 Å². The van der Waals surface area contributed by atoms with E-state index < -0.39 is 0 Å². The fraction of sp³-hybridized carbons (Fsp3) is 0.700. The smallest absolute Gasteiger partial charge is 0.213 e. The van der Waals surface area contributed by atoms with E-state index in [1.54, 1.807) is 6.20 Å². The average molecular weight is 377 g/mol. The molecule has 0 spiro atoms. The Balaban J connectivity index is 1.38. The third kappa shape index (κ3) is 7.72. The fourth-order valence-corrected chi connectivity index (χ4v) is 2.80. The van der Waals surface area contributed by atoms with E-state index >= 15 is 0 Å². The lowest BCUT2D eigenvalue weighted by Crippen LogP contribution is -2.38. The van der Waals surface area contributed by atoms with Crippen LogP contribution in [0.1, 0.15) is 38.2 Å². The number of nitrogens with zero attached hydrogens (tertiary/aromatic N) is 2. The van der Waals surface area contributed by atoms with Gasteiger partial charge in [0.2, 0.25) is 5.88 Å². The zero-order chi connectivity index (χ0) is 18.7. The van der Waals surface area contributed by atoms with Gasteiger partial charge in [0, 0.05) is 38.6 Å². The van der Waals surface area contributed by atoms with Crippen LogP contribution in [0.25, 0.3) is 0 Å². The number of hydrogen-bond donors (Lipinski definition) is 2. The van der Waals surface area contributed by atoms with Crippen LogP contribution in [0.4, 0.5) is 0 Å². The molecular weight excluding hydrogens is 344 g/mol. The average Bonchev–Trinajstić information content (AvgIpc) is 3.38. The molecule has 2 heterocycles. The summed E-state index contributed by atoms with van der Waals surface area (Å²) in [7, 11) is 0. The van der Waals surface area contributed by atoms with Crippen LogP contribution in [0, 0.1) is 5.92 Å². The van der Waals surface area contributed by atoms with Crippen molar-refractivity contribution in [2.75, 3.05) is 39.5 Å². The molecule has 1 atom stereocenters. The van der Waals surface area contributed by atoms with Crippen molar-refractivity contribution in [2.45, 2.75) is 45.3 Å². The molecule has 1 unspecified atom stereocenters. The second kappa shape index (κ2) is 11.1. The van der Waals surface area contributed by atoms with Crippen molar-refractivity contribution in [1.29, 1.82) is 0 Å². The van der Waals surface area contributed by atoms with E-state index in [9.17, 15) is 0 Å². The zero-order valence-electron chi connectivity index (χ0n) is 16.3. The van der Waals surface area contributed by atoms with Crippen molar-refractivity contribution in [3.63, 3.8) is 0 Å². The summed E-state index contributed by atoms with van der Waals surface area (Å²) in [5.74, 6) is 2.24. The highest BCUT2D eigenvalue weighted by Crippen LogP contribution is 2.29. The molecule has 0 radical (unpaired) electrons. The molecule has 2 fully saturated rings. The summed E-state index contributed by atoms with van der Waals surface area (Å²) in [5, 5.41) is 6.64. The van der Waals surface area contributed by atoms with Crippen LogP contribution in [0.2, 0.25) is 0 Å². The van der Waals surface area contributed by atoms with Gasteiger partial charge < -0.3 is 24.8 Å². The molecule has 1 saturated heterocycles. The lowest BCUT2D eigenvalue weighted by Gasteiger charge is -2.13. The molecule has 0 amide bonds. The van der Waals surface area contributed by atoms with Gasteiger partial charge in [0.1, 0.15) is 0 Å². The maximum absolute atomic E-state index is 5.79. The van der Waals surface area contributed by atoms with Gasteiger partial charge in [-0.05, 0) is 50.2 Å². The van der Waals surface area contributed by atoms with Crippen molar-refractivity contribution >= 4 is 5.96 Å². The lowest BCUT2D eigenvalue weighted by molar-refractivity contribution is 0.0420. The highest BCUT2D eigenvalue weighted by Gasteiger charge is 2.22. The molecule has 1 aromatic rings. The predicted molar refractivity (Wildman–Crippen MR) is 105 cm³/mol. The summed E-state index contributed by atoms with van der Waals surface area (Å²) in [5.41, 5.74) is 1.09. The predicted octanol–water partition coefficient (Wildman–Crippen LogP) is 2.12. The van der Waals surface area contributed by atoms with E-state index in [0.29, 0.717) is 12.4 Å². The molecular formula is C20H32N4O3. The molecule has 7 nitrogen and oxygen atoms in total. The topological polar surface area (TPSA) is 77.0 Å². The van der Waals surface area contributed by atoms with Crippen LogP contribution in [-0.2, 0) is 16.0 Å². The Morgan fingerprint density at radius 1 is 1.33 bits per heavy atom. The number of nitrogens with one attached hydrogen (secondary N) is 2. The number of aliphatic imine (C=N–C) groups is 1. The summed E-state index contributed by atoms with van der Waals surface area (Å²) < 4.78 is 16.8. The summed E-state index contributed by atoms with van der Waals surface area (Å²) in [4.78, 5) is 8.94. The number of aromatic nitrogens is 1. The molecule has 7 heteroatoms. The first-order valence-electron chi connectivity index (χ1n) is 10.1. The molecule has 1 aromatic heterocycles. The number of ether oxygens (including phenoxy) is 3. The van der Waals surface area contributed by atoms with E-state index in [-0.39, 0.29) is 6.10 Å². The third-order valence-electron chi connectivity index (χ3n) is 4.58. The van der Waals surface area contributed by atoms with Gasteiger partial charge in [-0.25, -0.2) is 9.98 Å².